The van der Waals surface area contributed by atoms with Crippen LogP contribution in [0.4, 0.5) is 0 Å². The molecule has 0 aliphatic rings. The zero-order valence-electron chi connectivity index (χ0n) is 17.3. The SMILES string of the molecule is [N-]=[N+]=NCCCCn1c2ccccc2c2ccc3ccn(S(=O)(=O)c4ccccc4)c3c21. The van der Waals surface area contributed by atoms with Crippen LogP contribution in [0.3, 0.4) is 0 Å². The Labute approximate surface area is 185 Å². The largest absolute Gasteiger partial charge is 0.339 e. The van der Waals surface area contributed by atoms with Gasteiger partial charge >= 0.3 is 0 Å². The van der Waals surface area contributed by atoms with Gasteiger partial charge in [-0.05, 0) is 42.6 Å². The fourth-order valence-corrected chi connectivity index (χ4v) is 5.75. The van der Waals surface area contributed by atoms with Crippen LogP contribution in [0.5, 0.6) is 0 Å². The number of para-hydroxylation sites is 1. The third-order valence-corrected chi connectivity index (χ3v) is 7.49. The smallest absolute Gasteiger partial charge is 0.268 e. The van der Waals surface area contributed by atoms with Gasteiger partial charge < -0.3 is 4.57 Å². The quantitative estimate of drug-likeness (QED) is 0.132. The number of hydrogen-bond donors (Lipinski definition) is 0. The maximum absolute atomic E-state index is 13.5. The van der Waals surface area contributed by atoms with E-state index in [2.05, 4.69) is 32.8 Å². The molecule has 32 heavy (non-hydrogen) atoms. The van der Waals surface area contributed by atoms with E-state index in [0.717, 1.165) is 40.0 Å². The van der Waals surface area contributed by atoms with E-state index in [9.17, 15) is 8.42 Å². The third-order valence-electron chi connectivity index (χ3n) is 5.80. The van der Waals surface area contributed by atoms with Crippen LogP contribution in [0.1, 0.15) is 12.8 Å². The number of nitrogens with zero attached hydrogens (tertiary/aromatic N) is 5. The molecular weight excluding hydrogens is 422 g/mol. The molecule has 0 spiro atoms. The molecule has 7 nitrogen and oxygen atoms in total. The van der Waals surface area contributed by atoms with E-state index in [4.69, 9.17) is 5.53 Å². The van der Waals surface area contributed by atoms with Gasteiger partial charge in [0.2, 0.25) is 0 Å². The van der Waals surface area contributed by atoms with Crippen molar-refractivity contribution in [2.75, 3.05) is 6.54 Å². The van der Waals surface area contributed by atoms with E-state index >= 15 is 0 Å². The molecule has 0 aliphatic carbocycles. The summed E-state index contributed by atoms with van der Waals surface area (Å²) in [6.07, 6.45) is 3.21. The Bertz CT molecular complexity index is 1590. The topological polar surface area (TPSA) is 92.8 Å². The summed E-state index contributed by atoms with van der Waals surface area (Å²) in [4.78, 5) is 3.08. The Balaban J connectivity index is 1.77. The molecule has 5 rings (SSSR count). The molecule has 2 heterocycles. The molecule has 0 bridgehead atoms. The van der Waals surface area contributed by atoms with E-state index in [1.165, 1.54) is 3.97 Å². The maximum Gasteiger partial charge on any atom is 0.268 e. The lowest BCUT2D eigenvalue weighted by Crippen LogP contribution is -2.12. The standard InChI is InChI=1S/C24H21N5O2S/c25-27-26-15-6-7-16-28-22-11-5-4-10-20(22)21-13-12-18-14-17-29(23(18)24(21)28)32(30,31)19-8-2-1-3-9-19/h1-5,8-14,17H,6-7,15-16H2. The van der Waals surface area contributed by atoms with Crippen LogP contribution in [-0.2, 0) is 16.6 Å². The van der Waals surface area contributed by atoms with Crippen molar-refractivity contribution in [2.45, 2.75) is 24.3 Å². The summed E-state index contributed by atoms with van der Waals surface area (Å²) in [5.74, 6) is 0. The van der Waals surface area contributed by atoms with Crippen molar-refractivity contribution in [2.24, 2.45) is 5.11 Å². The van der Waals surface area contributed by atoms with Crippen molar-refractivity contribution < 1.29 is 8.42 Å². The molecule has 0 unspecified atom stereocenters. The van der Waals surface area contributed by atoms with Gasteiger partial charge in [0.25, 0.3) is 10.0 Å². The summed E-state index contributed by atoms with van der Waals surface area (Å²) < 4.78 is 30.6. The van der Waals surface area contributed by atoms with Gasteiger partial charge in [0.15, 0.2) is 0 Å². The summed E-state index contributed by atoms with van der Waals surface area (Å²) in [6, 6.07) is 22.5. The van der Waals surface area contributed by atoms with Gasteiger partial charge in [0.1, 0.15) is 0 Å². The average Bonchev–Trinajstić information content (AvgIpc) is 3.39. The molecule has 0 N–H and O–H groups in total. The molecule has 3 aromatic carbocycles. The fourth-order valence-electron chi connectivity index (χ4n) is 4.37. The molecule has 2 aromatic heterocycles. The first-order valence-corrected chi connectivity index (χ1v) is 11.9. The fraction of sp³-hybridized carbons (Fsp3) is 0.167. The number of azide groups is 1. The highest BCUT2D eigenvalue weighted by molar-refractivity contribution is 7.90. The first-order valence-electron chi connectivity index (χ1n) is 10.5. The lowest BCUT2D eigenvalue weighted by molar-refractivity contribution is 0.589. The Kier molecular flexibility index (Phi) is 5.09. The molecule has 0 amide bonds. The number of rotatable bonds is 7. The zero-order valence-corrected chi connectivity index (χ0v) is 18.1. The lowest BCUT2D eigenvalue weighted by atomic mass is 10.1. The number of aromatic nitrogens is 2. The van der Waals surface area contributed by atoms with Crippen LogP contribution in [-0.4, -0.2) is 23.5 Å². The van der Waals surface area contributed by atoms with Crippen molar-refractivity contribution in [3.63, 3.8) is 0 Å². The Morgan fingerprint density at radius 2 is 1.62 bits per heavy atom. The van der Waals surface area contributed by atoms with Crippen molar-refractivity contribution in [3.8, 4) is 0 Å². The molecule has 0 atom stereocenters. The van der Waals surface area contributed by atoms with Crippen LogP contribution in [0, 0.1) is 0 Å². The van der Waals surface area contributed by atoms with Gasteiger partial charge in [-0.3, -0.25) is 0 Å². The predicted octanol–water partition coefficient (Wildman–Crippen LogP) is 6.08. The van der Waals surface area contributed by atoms with E-state index in [1.807, 2.05) is 24.3 Å². The Morgan fingerprint density at radius 1 is 0.844 bits per heavy atom. The Hall–Kier alpha value is -3.74. The number of hydrogen-bond acceptors (Lipinski definition) is 3. The van der Waals surface area contributed by atoms with Crippen molar-refractivity contribution in [3.05, 3.63) is 89.4 Å². The second kappa shape index (κ2) is 8.07. The summed E-state index contributed by atoms with van der Waals surface area (Å²) in [5, 5.41) is 6.60. The molecule has 160 valence electrons. The molecular formula is C24H21N5O2S. The summed E-state index contributed by atoms with van der Waals surface area (Å²) in [6.45, 7) is 1.14. The number of benzene rings is 3. The first kappa shape index (κ1) is 20.2. The monoisotopic (exact) mass is 443 g/mol. The number of fused-ring (bicyclic) bond motifs is 5. The number of unbranched alkanes of at least 4 members (excludes halogenated alkanes) is 1. The van der Waals surface area contributed by atoms with Gasteiger partial charge in [-0.15, -0.1) is 0 Å². The van der Waals surface area contributed by atoms with E-state index in [1.54, 1.807) is 36.5 Å². The van der Waals surface area contributed by atoms with Gasteiger partial charge in [0.05, 0.1) is 15.9 Å². The van der Waals surface area contributed by atoms with Crippen LogP contribution in [0.15, 0.2) is 89.0 Å². The predicted molar refractivity (Wildman–Crippen MR) is 127 cm³/mol. The minimum Gasteiger partial charge on any atom is -0.339 e. The number of aryl methyl sites for hydroxylation is 1. The highest BCUT2D eigenvalue weighted by atomic mass is 32.2. The summed E-state index contributed by atoms with van der Waals surface area (Å²) in [5.41, 5.74) is 11.2. The minimum atomic E-state index is -3.75. The molecule has 0 fully saturated rings. The minimum absolute atomic E-state index is 0.256. The summed E-state index contributed by atoms with van der Waals surface area (Å²) in [7, 11) is -3.75. The molecule has 0 radical (unpaired) electrons. The normalized spacial score (nSPS) is 11.9. The Morgan fingerprint density at radius 3 is 2.44 bits per heavy atom. The van der Waals surface area contributed by atoms with E-state index in [-0.39, 0.29) is 4.90 Å². The van der Waals surface area contributed by atoms with Crippen molar-refractivity contribution >= 4 is 42.7 Å². The molecule has 0 aliphatic heterocycles. The maximum atomic E-state index is 13.5. The van der Waals surface area contributed by atoms with Gasteiger partial charge in [-0.25, -0.2) is 12.4 Å². The van der Waals surface area contributed by atoms with Gasteiger partial charge in [-0.1, -0.05) is 53.6 Å². The van der Waals surface area contributed by atoms with Crippen LogP contribution < -0.4 is 0 Å². The van der Waals surface area contributed by atoms with Crippen molar-refractivity contribution in [1.29, 1.82) is 0 Å². The highest BCUT2D eigenvalue weighted by Gasteiger charge is 2.22. The summed E-state index contributed by atoms with van der Waals surface area (Å²) >= 11 is 0. The lowest BCUT2D eigenvalue weighted by Gasteiger charge is -2.12. The van der Waals surface area contributed by atoms with Crippen LogP contribution in [0.2, 0.25) is 0 Å². The average molecular weight is 444 g/mol. The van der Waals surface area contributed by atoms with E-state index < -0.39 is 10.0 Å². The van der Waals surface area contributed by atoms with E-state index in [0.29, 0.717) is 18.6 Å². The second-order valence-electron chi connectivity index (χ2n) is 7.66. The van der Waals surface area contributed by atoms with Crippen molar-refractivity contribution in [1.82, 2.24) is 8.54 Å². The third kappa shape index (κ3) is 3.21. The van der Waals surface area contributed by atoms with Gasteiger partial charge in [0, 0.05) is 45.9 Å². The molecule has 0 saturated carbocycles. The van der Waals surface area contributed by atoms with Crippen LogP contribution >= 0.6 is 0 Å². The van der Waals surface area contributed by atoms with Crippen LogP contribution in [0.25, 0.3) is 43.2 Å². The van der Waals surface area contributed by atoms with Gasteiger partial charge in [-0.2, -0.15) is 0 Å². The highest BCUT2D eigenvalue weighted by Crippen LogP contribution is 2.36. The molecule has 0 saturated heterocycles. The second-order valence-corrected chi connectivity index (χ2v) is 9.47. The zero-order chi connectivity index (χ0) is 22.1. The molecule has 5 aromatic rings. The molecule has 8 heteroatoms. The first-order chi connectivity index (χ1) is 15.6.